The van der Waals surface area contributed by atoms with E-state index < -0.39 is 0 Å². The Morgan fingerprint density at radius 2 is 2.26 bits per heavy atom. The van der Waals surface area contributed by atoms with Gasteiger partial charge < -0.3 is 15.2 Å². The fourth-order valence-electron chi connectivity index (χ4n) is 5.35. The predicted octanol–water partition coefficient (Wildman–Crippen LogP) is 2.73. The molecule has 0 radical (unpaired) electrons. The minimum atomic E-state index is 0.263. The number of rotatable bonds is 1. The lowest BCUT2D eigenvalue weighted by atomic mass is 9.64. The van der Waals surface area contributed by atoms with Gasteiger partial charge in [-0.3, -0.25) is 4.90 Å². The van der Waals surface area contributed by atoms with Gasteiger partial charge in [0.25, 0.3) is 0 Å². The number of aromatic nitrogens is 1. The molecule has 120 valence electrons. The molecule has 4 heteroatoms. The van der Waals surface area contributed by atoms with Gasteiger partial charge in [-0.1, -0.05) is 11.6 Å². The molecule has 1 aromatic heterocycles. The van der Waals surface area contributed by atoms with E-state index in [1.807, 2.05) is 12.1 Å². The topological polar surface area (TPSA) is 59.5 Å². The zero-order valence-electron chi connectivity index (χ0n) is 13.3. The normalized spacial score (nSPS) is 36.6. The molecule has 0 saturated carbocycles. The summed E-state index contributed by atoms with van der Waals surface area (Å²) in [5, 5.41) is 21.0. The van der Waals surface area contributed by atoms with Crippen molar-refractivity contribution in [1.29, 1.82) is 0 Å². The maximum Gasteiger partial charge on any atom is 0.116 e. The Morgan fingerprint density at radius 3 is 3.04 bits per heavy atom. The molecule has 2 aromatic rings. The first kappa shape index (κ1) is 13.6. The highest BCUT2D eigenvalue weighted by Gasteiger charge is 2.52. The molecule has 0 amide bonds. The SMILES string of the molecule is C/C=C1\CN2C3Cc4c([nH]c5ccc(O)cc45)[C@@H]2C[C@@H]1C3CO. The Kier molecular flexibility index (Phi) is 2.74. The number of aromatic hydroxyl groups is 1. The number of fused-ring (bicyclic) bond motifs is 4. The Labute approximate surface area is 135 Å². The van der Waals surface area contributed by atoms with Crippen LogP contribution in [-0.4, -0.2) is 39.3 Å². The fourth-order valence-corrected chi connectivity index (χ4v) is 5.35. The highest BCUT2D eigenvalue weighted by Crippen LogP contribution is 2.54. The number of H-pyrrole nitrogens is 1. The second-order valence-electron chi connectivity index (χ2n) is 7.26. The molecular formula is C19H22N2O2. The van der Waals surface area contributed by atoms with Crippen LogP contribution in [-0.2, 0) is 6.42 Å². The summed E-state index contributed by atoms with van der Waals surface area (Å²) >= 11 is 0. The number of nitrogens with zero attached hydrogens (tertiary/aromatic N) is 1. The van der Waals surface area contributed by atoms with Gasteiger partial charge >= 0.3 is 0 Å². The van der Waals surface area contributed by atoms with Crippen molar-refractivity contribution in [3.05, 3.63) is 41.1 Å². The molecule has 4 nitrogen and oxygen atoms in total. The van der Waals surface area contributed by atoms with E-state index in [4.69, 9.17) is 0 Å². The van der Waals surface area contributed by atoms with Crippen molar-refractivity contribution >= 4 is 10.9 Å². The summed E-state index contributed by atoms with van der Waals surface area (Å²) in [6.45, 7) is 3.42. The molecule has 4 bridgehead atoms. The smallest absolute Gasteiger partial charge is 0.116 e. The molecule has 5 atom stereocenters. The van der Waals surface area contributed by atoms with Crippen LogP contribution in [0.2, 0.25) is 0 Å². The number of aromatic amines is 1. The Hall–Kier alpha value is -1.78. The second-order valence-corrected chi connectivity index (χ2v) is 7.26. The Morgan fingerprint density at radius 1 is 1.39 bits per heavy atom. The van der Waals surface area contributed by atoms with Gasteiger partial charge in [0.2, 0.25) is 0 Å². The fraction of sp³-hybridized carbons (Fsp3) is 0.474. The van der Waals surface area contributed by atoms with Gasteiger partial charge in [-0.25, -0.2) is 0 Å². The van der Waals surface area contributed by atoms with Gasteiger partial charge in [0.05, 0.1) is 6.04 Å². The van der Waals surface area contributed by atoms with Gasteiger partial charge in [-0.15, -0.1) is 0 Å². The molecule has 6 rings (SSSR count). The Bertz CT molecular complexity index is 822. The first-order chi connectivity index (χ1) is 11.2. The van der Waals surface area contributed by atoms with Gasteiger partial charge in [0.1, 0.15) is 5.75 Å². The van der Waals surface area contributed by atoms with Crippen molar-refractivity contribution in [2.75, 3.05) is 13.2 Å². The highest BCUT2D eigenvalue weighted by atomic mass is 16.3. The average Bonchev–Trinajstić information content (AvgIpc) is 2.92. The third-order valence-electron chi connectivity index (χ3n) is 6.41. The maximum atomic E-state index is 9.99. The number of aliphatic hydroxyl groups excluding tert-OH is 1. The van der Waals surface area contributed by atoms with Crippen molar-refractivity contribution in [2.45, 2.75) is 31.8 Å². The van der Waals surface area contributed by atoms with E-state index in [-0.39, 0.29) is 6.61 Å². The summed E-state index contributed by atoms with van der Waals surface area (Å²) in [6.07, 6.45) is 4.31. The molecule has 3 N–H and O–H groups in total. The lowest BCUT2D eigenvalue weighted by Gasteiger charge is -2.58. The van der Waals surface area contributed by atoms with Crippen molar-refractivity contribution < 1.29 is 10.2 Å². The third-order valence-corrected chi connectivity index (χ3v) is 6.41. The summed E-state index contributed by atoms with van der Waals surface area (Å²) in [5.41, 5.74) is 5.29. The largest absolute Gasteiger partial charge is 0.508 e. The Balaban J connectivity index is 1.68. The number of hydrogen-bond donors (Lipinski definition) is 3. The van der Waals surface area contributed by atoms with Crippen LogP contribution in [0.5, 0.6) is 5.75 Å². The molecule has 5 heterocycles. The van der Waals surface area contributed by atoms with Crippen LogP contribution < -0.4 is 0 Å². The van der Waals surface area contributed by atoms with E-state index in [1.54, 1.807) is 6.07 Å². The van der Waals surface area contributed by atoms with Crippen molar-refractivity contribution in [3.63, 3.8) is 0 Å². The van der Waals surface area contributed by atoms with E-state index in [0.29, 0.717) is 29.7 Å². The van der Waals surface area contributed by atoms with Crippen molar-refractivity contribution in [3.8, 4) is 5.75 Å². The van der Waals surface area contributed by atoms with Crippen molar-refractivity contribution in [2.24, 2.45) is 11.8 Å². The number of phenolic OH excluding ortho intramolecular Hbond substituents is 1. The minimum absolute atomic E-state index is 0.263. The predicted molar refractivity (Wildman–Crippen MR) is 89.3 cm³/mol. The van der Waals surface area contributed by atoms with Gasteiger partial charge in [-0.05, 0) is 49.4 Å². The molecule has 3 saturated heterocycles. The van der Waals surface area contributed by atoms with E-state index in [1.165, 1.54) is 16.8 Å². The zero-order valence-corrected chi connectivity index (χ0v) is 13.3. The molecule has 1 aromatic carbocycles. The minimum Gasteiger partial charge on any atom is -0.508 e. The number of benzene rings is 1. The lowest BCUT2D eigenvalue weighted by molar-refractivity contribution is -0.0503. The van der Waals surface area contributed by atoms with Crippen LogP contribution in [0.1, 0.15) is 30.6 Å². The van der Waals surface area contributed by atoms with Crippen LogP contribution in [0.3, 0.4) is 0 Å². The summed E-state index contributed by atoms with van der Waals surface area (Å²) < 4.78 is 0. The molecule has 0 aliphatic carbocycles. The molecule has 0 spiro atoms. The van der Waals surface area contributed by atoms with Gasteiger partial charge in [0, 0.05) is 41.7 Å². The molecule has 23 heavy (non-hydrogen) atoms. The number of hydrogen-bond acceptors (Lipinski definition) is 3. The third kappa shape index (κ3) is 1.68. The summed E-state index contributed by atoms with van der Waals surface area (Å²) in [6, 6.07) is 6.44. The molecule has 3 fully saturated rings. The maximum absolute atomic E-state index is 9.99. The monoisotopic (exact) mass is 310 g/mol. The number of nitrogens with one attached hydrogen (secondary N) is 1. The first-order valence-corrected chi connectivity index (χ1v) is 8.56. The summed E-state index contributed by atoms with van der Waals surface area (Å²) in [7, 11) is 0. The van der Waals surface area contributed by atoms with E-state index in [0.717, 1.165) is 30.3 Å². The number of aliphatic hydroxyl groups is 1. The highest BCUT2D eigenvalue weighted by molar-refractivity contribution is 5.86. The first-order valence-electron chi connectivity index (χ1n) is 8.56. The van der Waals surface area contributed by atoms with Crippen LogP contribution in [0, 0.1) is 11.8 Å². The van der Waals surface area contributed by atoms with Gasteiger partial charge in [-0.2, -0.15) is 0 Å². The van der Waals surface area contributed by atoms with Crippen LogP contribution >= 0.6 is 0 Å². The molecule has 4 aliphatic heterocycles. The molecule has 3 unspecified atom stereocenters. The van der Waals surface area contributed by atoms with Crippen LogP contribution in [0.15, 0.2) is 29.8 Å². The van der Waals surface area contributed by atoms with Crippen LogP contribution in [0.4, 0.5) is 0 Å². The van der Waals surface area contributed by atoms with Gasteiger partial charge in [0.15, 0.2) is 0 Å². The number of piperidine rings is 3. The number of phenols is 1. The van der Waals surface area contributed by atoms with Crippen molar-refractivity contribution in [1.82, 2.24) is 9.88 Å². The second kappa shape index (κ2) is 4.62. The molecule has 4 aliphatic rings. The molecular weight excluding hydrogens is 288 g/mol. The summed E-state index contributed by atoms with van der Waals surface area (Å²) in [4.78, 5) is 6.21. The summed E-state index contributed by atoms with van der Waals surface area (Å²) in [5.74, 6) is 1.17. The van der Waals surface area contributed by atoms with E-state index >= 15 is 0 Å². The zero-order chi connectivity index (χ0) is 15.7. The standard InChI is InChI=1S/C19H22N2O2/c1-2-10-8-21-17-7-14-13-5-11(23)3-4-16(13)20-19(14)18(21)6-12(10)15(17)9-22/h2-5,12,15,17-18,20,22-23H,6-9H2,1H3/b10-2+/t12-,15?,17?,18-/m0/s1. The average molecular weight is 310 g/mol. The quantitative estimate of drug-likeness (QED) is 0.710. The number of allylic oxidation sites excluding steroid dienone is 1. The van der Waals surface area contributed by atoms with E-state index in [9.17, 15) is 10.2 Å². The lowest BCUT2D eigenvalue weighted by Crippen LogP contribution is -2.60. The van der Waals surface area contributed by atoms with Crippen LogP contribution in [0.25, 0.3) is 10.9 Å². The van der Waals surface area contributed by atoms with E-state index in [2.05, 4.69) is 22.9 Å².